The number of carbonyl (C=O) groups is 1. The van der Waals surface area contributed by atoms with Crippen LogP contribution in [0.15, 0.2) is 43.0 Å². The number of para-hydroxylation sites is 1. The molecule has 0 saturated heterocycles. The fourth-order valence-corrected chi connectivity index (χ4v) is 1.62. The lowest BCUT2D eigenvalue weighted by Gasteiger charge is -2.18. The fourth-order valence-electron chi connectivity index (χ4n) is 1.62. The molecule has 0 aromatic heterocycles. The summed E-state index contributed by atoms with van der Waals surface area (Å²) in [6, 6.07) is 9.47. The van der Waals surface area contributed by atoms with Crippen molar-refractivity contribution in [2.45, 2.75) is 25.4 Å². The molecule has 1 aromatic rings. The van der Waals surface area contributed by atoms with Gasteiger partial charge in [0.25, 0.3) is 0 Å². The Morgan fingerprint density at radius 2 is 2.05 bits per heavy atom. The normalized spacial score (nSPS) is 11.6. The van der Waals surface area contributed by atoms with Crippen LogP contribution in [-0.4, -0.2) is 30.4 Å². The van der Waals surface area contributed by atoms with E-state index in [1.165, 1.54) is 0 Å². The van der Waals surface area contributed by atoms with Gasteiger partial charge in [-0.15, -0.1) is 0 Å². The zero-order valence-electron chi connectivity index (χ0n) is 11.0. The van der Waals surface area contributed by atoms with Gasteiger partial charge in [0.1, 0.15) is 11.9 Å². The molecule has 0 fully saturated rings. The number of esters is 1. The molecule has 0 bridgehead atoms. The molecular weight excluding hydrogens is 244 g/mol. The van der Waals surface area contributed by atoms with E-state index in [0.29, 0.717) is 12.8 Å². The minimum Gasteiger partial charge on any atom is -0.490 e. The molecule has 1 N–H and O–H groups in total. The predicted octanol–water partition coefficient (Wildman–Crippen LogP) is 2.33. The van der Waals surface area contributed by atoms with Crippen molar-refractivity contribution in [2.75, 3.05) is 13.2 Å². The maximum atomic E-state index is 10.9. The van der Waals surface area contributed by atoms with Gasteiger partial charge in [-0.1, -0.05) is 24.8 Å². The number of aliphatic hydroxyl groups excluding tert-OH is 1. The summed E-state index contributed by atoms with van der Waals surface area (Å²) >= 11 is 0. The Bertz CT molecular complexity index is 375. The highest BCUT2D eigenvalue weighted by molar-refractivity contribution is 5.81. The second kappa shape index (κ2) is 9.16. The second-order valence-electron chi connectivity index (χ2n) is 4.08. The highest BCUT2D eigenvalue weighted by Crippen LogP contribution is 2.15. The summed E-state index contributed by atoms with van der Waals surface area (Å²) < 4.78 is 10.7. The van der Waals surface area contributed by atoms with E-state index in [4.69, 9.17) is 14.6 Å². The summed E-state index contributed by atoms with van der Waals surface area (Å²) in [5, 5.41) is 8.88. The fraction of sp³-hybridized carbons (Fsp3) is 0.400. The van der Waals surface area contributed by atoms with Gasteiger partial charge in [-0.3, -0.25) is 0 Å². The summed E-state index contributed by atoms with van der Waals surface area (Å²) in [7, 11) is 0. The molecule has 0 aliphatic rings. The molecule has 4 nitrogen and oxygen atoms in total. The standard InChI is InChI=1S/C15H20O4/c1-2-15(17)18-12-10-14(9-6-11-16)19-13-7-4-3-5-8-13/h2-5,7-8,14,16H,1,6,9-12H2. The molecule has 4 heteroatoms. The van der Waals surface area contributed by atoms with E-state index in [-0.39, 0.29) is 19.3 Å². The number of aliphatic hydroxyl groups is 1. The number of hydrogen-bond donors (Lipinski definition) is 1. The van der Waals surface area contributed by atoms with Gasteiger partial charge >= 0.3 is 5.97 Å². The van der Waals surface area contributed by atoms with Crippen molar-refractivity contribution in [3.8, 4) is 5.75 Å². The van der Waals surface area contributed by atoms with Crippen molar-refractivity contribution >= 4 is 5.97 Å². The van der Waals surface area contributed by atoms with E-state index < -0.39 is 5.97 Å². The molecule has 1 rings (SSSR count). The molecule has 0 aliphatic heterocycles. The van der Waals surface area contributed by atoms with E-state index in [9.17, 15) is 4.79 Å². The number of hydrogen-bond acceptors (Lipinski definition) is 4. The minimum absolute atomic E-state index is 0.0767. The Morgan fingerprint density at radius 1 is 1.32 bits per heavy atom. The molecule has 19 heavy (non-hydrogen) atoms. The summed E-state index contributed by atoms with van der Waals surface area (Å²) in [6.45, 7) is 3.75. The van der Waals surface area contributed by atoms with Crippen LogP contribution in [0.5, 0.6) is 5.75 Å². The molecule has 0 aliphatic carbocycles. The van der Waals surface area contributed by atoms with Crippen molar-refractivity contribution in [1.29, 1.82) is 0 Å². The van der Waals surface area contributed by atoms with Crippen LogP contribution in [0.3, 0.4) is 0 Å². The SMILES string of the molecule is C=CC(=O)OCCC(CCCO)Oc1ccccc1. The maximum absolute atomic E-state index is 10.9. The zero-order valence-corrected chi connectivity index (χ0v) is 11.0. The highest BCUT2D eigenvalue weighted by atomic mass is 16.5. The van der Waals surface area contributed by atoms with Gasteiger partial charge in [0.05, 0.1) is 6.61 Å². The van der Waals surface area contributed by atoms with E-state index in [0.717, 1.165) is 18.2 Å². The molecular formula is C15H20O4. The lowest BCUT2D eigenvalue weighted by molar-refractivity contribution is -0.138. The van der Waals surface area contributed by atoms with Crippen molar-refractivity contribution in [3.05, 3.63) is 43.0 Å². The molecule has 0 saturated carbocycles. The van der Waals surface area contributed by atoms with Gasteiger partial charge in [0, 0.05) is 19.1 Å². The van der Waals surface area contributed by atoms with Gasteiger partial charge in [-0.2, -0.15) is 0 Å². The quantitative estimate of drug-likeness (QED) is 0.549. The Balaban J connectivity index is 2.42. The van der Waals surface area contributed by atoms with E-state index >= 15 is 0 Å². The van der Waals surface area contributed by atoms with Crippen LogP contribution in [0, 0.1) is 0 Å². The third kappa shape index (κ3) is 6.62. The lowest BCUT2D eigenvalue weighted by Crippen LogP contribution is -2.20. The van der Waals surface area contributed by atoms with Crippen LogP contribution in [-0.2, 0) is 9.53 Å². The van der Waals surface area contributed by atoms with Gasteiger partial charge in [-0.25, -0.2) is 4.79 Å². The van der Waals surface area contributed by atoms with Gasteiger partial charge in [0.15, 0.2) is 0 Å². The highest BCUT2D eigenvalue weighted by Gasteiger charge is 2.11. The largest absolute Gasteiger partial charge is 0.490 e. The first-order valence-electron chi connectivity index (χ1n) is 6.38. The van der Waals surface area contributed by atoms with Crippen molar-refractivity contribution in [1.82, 2.24) is 0 Å². The molecule has 1 aromatic carbocycles. The summed E-state index contributed by atoms with van der Waals surface area (Å²) in [5.41, 5.74) is 0. The Kier molecular flexibility index (Phi) is 7.35. The number of carbonyl (C=O) groups excluding carboxylic acids is 1. The van der Waals surface area contributed by atoms with Gasteiger partial charge in [-0.05, 0) is 25.0 Å². The smallest absolute Gasteiger partial charge is 0.330 e. The minimum atomic E-state index is -0.430. The van der Waals surface area contributed by atoms with Crippen LogP contribution in [0.4, 0.5) is 0 Å². The van der Waals surface area contributed by atoms with Crippen molar-refractivity contribution < 1.29 is 19.4 Å². The lowest BCUT2D eigenvalue weighted by atomic mass is 10.1. The number of rotatable bonds is 9. The third-order valence-corrected chi connectivity index (χ3v) is 2.58. The molecule has 0 amide bonds. The summed E-state index contributed by atoms with van der Waals surface area (Å²) in [5.74, 6) is 0.348. The Morgan fingerprint density at radius 3 is 2.68 bits per heavy atom. The monoisotopic (exact) mass is 264 g/mol. The molecule has 0 heterocycles. The number of benzene rings is 1. The first-order valence-corrected chi connectivity index (χ1v) is 6.38. The van der Waals surface area contributed by atoms with Gasteiger partial charge < -0.3 is 14.6 Å². The van der Waals surface area contributed by atoms with Crippen LogP contribution >= 0.6 is 0 Å². The second-order valence-corrected chi connectivity index (χ2v) is 4.08. The average molecular weight is 264 g/mol. The molecule has 104 valence electrons. The van der Waals surface area contributed by atoms with E-state index in [1.54, 1.807) is 0 Å². The molecule has 1 unspecified atom stereocenters. The maximum Gasteiger partial charge on any atom is 0.330 e. The number of ether oxygens (including phenoxy) is 2. The third-order valence-electron chi connectivity index (χ3n) is 2.58. The van der Waals surface area contributed by atoms with E-state index in [1.807, 2.05) is 30.3 Å². The molecule has 0 spiro atoms. The summed E-state index contributed by atoms with van der Waals surface area (Å²) in [6.07, 6.45) is 3.03. The Labute approximate surface area is 113 Å². The van der Waals surface area contributed by atoms with Crippen LogP contribution < -0.4 is 4.74 Å². The van der Waals surface area contributed by atoms with E-state index in [2.05, 4.69) is 6.58 Å². The van der Waals surface area contributed by atoms with Crippen molar-refractivity contribution in [3.63, 3.8) is 0 Å². The predicted molar refractivity (Wildman–Crippen MR) is 73.0 cm³/mol. The Hall–Kier alpha value is -1.81. The van der Waals surface area contributed by atoms with Crippen LogP contribution in [0.2, 0.25) is 0 Å². The van der Waals surface area contributed by atoms with Gasteiger partial charge in [0.2, 0.25) is 0 Å². The molecule has 1 atom stereocenters. The van der Waals surface area contributed by atoms with Crippen LogP contribution in [0.25, 0.3) is 0 Å². The zero-order chi connectivity index (χ0) is 13.9. The average Bonchev–Trinajstić information content (AvgIpc) is 2.45. The molecule has 0 radical (unpaired) electrons. The topological polar surface area (TPSA) is 55.8 Å². The van der Waals surface area contributed by atoms with Crippen molar-refractivity contribution in [2.24, 2.45) is 0 Å². The first kappa shape index (κ1) is 15.2. The first-order chi connectivity index (χ1) is 9.26. The van der Waals surface area contributed by atoms with Crippen LogP contribution in [0.1, 0.15) is 19.3 Å². The summed E-state index contributed by atoms with van der Waals surface area (Å²) in [4.78, 5) is 10.9.